The number of hydrogen-bond donors (Lipinski definition) is 1. The first-order valence-electron chi connectivity index (χ1n) is 6.09. The van der Waals surface area contributed by atoms with E-state index in [-0.39, 0.29) is 0 Å². The van der Waals surface area contributed by atoms with Crippen LogP contribution in [0.5, 0.6) is 0 Å². The zero-order chi connectivity index (χ0) is 11.6. The second-order valence-electron chi connectivity index (χ2n) is 4.71. The molecule has 90 valence electrons. The lowest BCUT2D eigenvalue weighted by atomic mass is 9.88. The molecule has 2 heterocycles. The lowest BCUT2D eigenvalue weighted by Crippen LogP contribution is -2.43. The summed E-state index contributed by atoms with van der Waals surface area (Å²) in [5.74, 6) is 0. The minimum absolute atomic E-state index is 0.671. The number of piperidine rings is 1. The van der Waals surface area contributed by atoms with Crippen molar-refractivity contribution in [2.45, 2.75) is 31.8 Å². The Labute approximate surface area is 96.9 Å². The van der Waals surface area contributed by atoms with E-state index in [1.807, 2.05) is 13.1 Å². The Kier molecular flexibility index (Phi) is 3.30. The van der Waals surface area contributed by atoms with Gasteiger partial charge in [-0.1, -0.05) is 6.92 Å². The zero-order valence-electron chi connectivity index (χ0n) is 10.2. The Hall–Kier alpha value is -0.870. The normalized spacial score (nSPS) is 21.2. The summed E-state index contributed by atoms with van der Waals surface area (Å²) in [5.41, 5.74) is 0.277. The Morgan fingerprint density at radius 1 is 1.44 bits per heavy atom. The van der Waals surface area contributed by atoms with E-state index in [1.54, 1.807) is 10.9 Å². The molecule has 16 heavy (non-hydrogen) atoms. The van der Waals surface area contributed by atoms with Crippen molar-refractivity contribution in [3.63, 3.8) is 0 Å². The molecule has 1 aromatic heterocycles. The third-order valence-electron chi connectivity index (χ3n) is 3.52. The first kappa shape index (κ1) is 11.6. The van der Waals surface area contributed by atoms with Crippen LogP contribution in [-0.4, -0.2) is 39.4 Å². The van der Waals surface area contributed by atoms with Crippen LogP contribution < -0.4 is 0 Å². The van der Waals surface area contributed by atoms with Gasteiger partial charge in [-0.2, -0.15) is 5.10 Å². The van der Waals surface area contributed by atoms with E-state index >= 15 is 0 Å². The van der Waals surface area contributed by atoms with Gasteiger partial charge in [0, 0.05) is 26.3 Å². The Bertz CT molecular complexity index is 340. The van der Waals surface area contributed by atoms with Crippen molar-refractivity contribution >= 4 is 0 Å². The van der Waals surface area contributed by atoms with E-state index in [2.05, 4.69) is 16.9 Å². The molecule has 0 amide bonds. The van der Waals surface area contributed by atoms with E-state index in [9.17, 15) is 5.11 Å². The molecule has 0 aromatic carbocycles. The number of hydrogen-bond acceptors (Lipinski definition) is 3. The maximum atomic E-state index is 10.6. The number of aromatic nitrogens is 2. The molecule has 0 atom stereocenters. The molecular weight excluding hydrogens is 202 g/mol. The van der Waals surface area contributed by atoms with Crippen molar-refractivity contribution in [2.75, 3.05) is 19.6 Å². The van der Waals surface area contributed by atoms with E-state index in [4.69, 9.17) is 0 Å². The van der Waals surface area contributed by atoms with Gasteiger partial charge in [-0.3, -0.25) is 4.68 Å². The summed E-state index contributed by atoms with van der Waals surface area (Å²) in [6.07, 6.45) is 4.56. The van der Waals surface area contributed by atoms with Gasteiger partial charge in [0.2, 0.25) is 0 Å². The lowest BCUT2D eigenvalue weighted by molar-refractivity contribution is -0.0319. The molecule has 4 heteroatoms. The Morgan fingerprint density at radius 3 is 2.62 bits per heavy atom. The van der Waals surface area contributed by atoms with Gasteiger partial charge in [0.05, 0.1) is 5.69 Å². The molecule has 0 aliphatic carbocycles. The maximum Gasteiger partial charge on any atom is 0.109 e. The number of rotatable bonds is 3. The summed E-state index contributed by atoms with van der Waals surface area (Å²) < 4.78 is 1.79. The van der Waals surface area contributed by atoms with Crippen LogP contribution in [0.4, 0.5) is 0 Å². The van der Waals surface area contributed by atoms with Gasteiger partial charge in [-0.15, -0.1) is 0 Å². The highest BCUT2D eigenvalue weighted by atomic mass is 16.3. The molecule has 0 radical (unpaired) electrons. The van der Waals surface area contributed by atoms with Gasteiger partial charge in [0.1, 0.15) is 5.60 Å². The van der Waals surface area contributed by atoms with Crippen LogP contribution in [0.15, 0.2) is 12.3 Å². The molecule has 1 N–H and O–H groups in total. The molecule has 0 saturated carbocycles. The van der Waals surface area contributed by atoms with E-state index in [1.165, 1.54) is 6.42 Å². The molecule has 0 unspecified atom stereocenters. The Balaban J connectivity index is 2.04. The SMILES string of the molecule is CCCN1CCC(O)(c2ccnn2C)CC1. The number of aliphatic hydroxyl groups is 1. The number of nitrogens with zero attached hydrogens (tertiary/aromatic N) is 3. The molecule has 1 aliphatic heterocycles. The topological polar surface area (TPSA) is 41.3 Å². The monoisotopic (exact) mass is 223 g/mol. The molecule has 1 saturated heterocycles. The van der Waals surface area contributed by atoms with E-state index in [0.717, 1.165) is 38.2 Å². The number of likely N-dealkylation sites (tertiary alicyclic amines) is 1. The van der Waals surface area contributed by atoms with E-state index in [0.29, 0.717) is 0 Å². The lowest BCUT2D eigenvalue weighted by Gasteiger charge is -2.38. The summed E-state index contributed by atoms with van der Waals surface area (Å²) in [4.78, 5) is 2.42. The van der Waals surface area contributed by atoms with Crippen molar-refractivity contribution in [1.82, 2.24) is 14.7 Å². The average Bonchev–Trinajstić information content (AvgIpc) is 2.69. The predicted octanol–water partition coefficient (Wildman–Crippen LogP) is 1.11. The molecule has 4 nitrogen and oxygen atoms in total. The standard InChI is InChI=1S/C12H21N3O/c1-3-8-15-9-5-12(16,6-10-15)11-4-7-13-14(11)2/h4,7,16H,3,5-6,8-10H2,1-2H3. The van der Waals surface area contributed by atoms with Crippen LogP contribution >= 0.6 is 0 Å². The zero-order valence-corrected chi connectivity index (χ0v) is 10.2. The van der Waals surface area contributed by atoms with Gasteiger partial charge < -0.3 is 10.0 Å². The fourth-order valence-electron chi connectivity index (χ4n) is 2.55. The fraction of sp³-hybridized carbons (Fsp3) is 0.750. The van der Waals surface area contributed by atoms with Crippen LogP contribution in [0.25, 0.3) is 0 Å². The van der Waals surface area contributed by atoms with Gasteiger partial charge >= 0.3 is 0 Å². The van der Waals surface area contributed by atoms with Crippen molar-refractivity contribution < 1.29 is 5.11 Å². The Morgan fingerprint density at radius 2 is 2.12 bits per heavy atom. The van der Waals surface area contributed by atoms with Crippen LogP contribution in [0, 0.1) is 0 Å². The third kappa shape index (κ3) is 2.13. The summed E-state index contributed by atoms with van der Waals surface area (Å²) in [7, 11) is 1.89. The molecule has 1 fully saturated rings. The van der Waals surface area contributed by atoms with Crippen molar-refractivity contribution in [2.24, 2.45) is 7.05 Å². The summed E-state index contributed by atoms with van der Waals surface area (Å²) >= 11 is 0. The second-order valence-corrected chi connectivity index (χ2v) is 4.71. The molecule has 0 spiro atoms. The van der Waals surface area contributed by atoms with Gasteiger partial charge in [0.15, 0.2) is 0 Å². The quantitative estimate of drug-likeness (QED) is 0.834. The highest BCUT2D eigenvalue weighted by Gasteiger charge is 2.35. The minimum atomic E-state index is -0.671. The highest BCUT2D eigenvalue weighted by Crippen LogP contribution is 2.32. The van der Waals surface area contributed by atoms with Crippen molar-refractivity contribution in [3.05, 3.63) is 18.0 Å². The third-order valence-corrected chi connectivity index (χ3v) is 3.52. The summed E-state index contributed by atoms with van der Waals surface area (Å²) in [6.45, 7) is 5.30. The van der Waals surface area contributed by atoms with Crippen LogP contribution in [0.2, 0.25) is 0 Å². The first-order chi connectivity index (χ1) is 7.65. The average molecular weight is 223 g/mol. The first-order valence-corrected chi connectivity index (χ1v) is 6.09. The molecule has 1 aliphatic rings. The minimum Gasteiger partial charge on any atom is -0.383 e. The summed E-state index contributed by atoms with van der Waals surface area (Å²) in [6, 6.07) is 1.93. The highest BCUT2D eigenvalue weighted by molar-refractivity contribution is 5.13. The number of aryl methyl sites for hydroxylation is 1. The largest absolute Gasteiger partial charge is 0.383 e. The smallest absolute Gasteiger partial charge is 0.109 e. The van der Waals surface area contributed by atoms with Crippen LogP contribution in [0.1, 0.15) is 31.9 Å². The van der Waals surface area contributed by atoms with Gasteiger partial charge in [0.25, 0.3) is 0 Å². The summed E-state index contributed by atoms with van der Waals surface area (Å²) in [5, 5.41) is 14.7. The molecule has 2 rings (SSSR count). The fourth-order valence-corrected chi connectivity index (χ4v) is 2.55. The second kappa shape index (κ2) is 4.55. The molecule has 1 aromatic rings. The molecule has 0 bridgehead atoms. The van der Waals surface area contributed by atoms with Gasteiger partial charge in [-0.05, 0) is 31.9 Å². The maximum absolute atomic E-state index is 10.6. The van der Waals surface area contributed by atoms with Gasteiger partial charge in [-0.25, -0.2) is 0 Å². The van der Waals surface area contributed by atoms with Crippen LogP contribution in [-0.2, 0) is 12.6 Å². The van der Waals surface area contributed by atoms with E-state index < -0.39 is 5.60 Å². The van der Waals surface area contributed by atoms with Crippen molar-refractivity contribution in [1.29, 1.82) is 0 Å². The molecular formula is C12H21N3O. The van der Waals surface area contributed by atoms with Crippen LogP contribution in [0.3, 0.4) is 0 Å². The predicted molar refractivity (Wildman–Crippen MR) is 63.1 cm³/mol. The van der Waals surface area contributed by atoms with Crippen molar-refractivity contribution in [3.8, 4) is 0 Å².